The average molecular weight is 136 g/mol. The van der Waals surface area contributed by atoms with Gasteiger partial charge in [0.25, 0.3) is 0 Å². The standard InChI is InChI=1S/C9H12O/c1-7-5-3-4-6-9(7)8(2)10/h3-6,8,10H,1-2H3/t8-/m0/s1. The van der Waals surface area contributed by atoms with Gasteiger partial charge in [-0.15, -0.1) is 0 Å². The minimum absolute atomic E-state index is 0.346. The molecule has 0 radical (unpaired) electrons. The van der Waals surface area contributed by atoms with Crippen LogP contribution in [-0.4, -0.2) is 5.11 Å². The summed E-state index contributed by atoms with van der Waals surface area (Å²) in [7, 11) is 0. The number of aliphatic hydroxyl groups excluding tert-OH is 1. The van der Waals surface area contributed by atoms with Gasteiger partial charge in [0.2, 0.25) is 0 Å². The van der Waals surface area contributed by atoms with Crippen molar-refractivity contribution in [2.24, 2.45) is 0 Å². The first-order valence-electron chi connectivity index (χ1n) is 3.45. The predicted molar refractivity (Wildman–Crippen MR) is 41.8 cm³/mol. The monoisotopic (exact) mass is 136 g/mol. The second kappa shape index (κ2) is 2.84. The summed E-state index contributed by atoms with van der Waals surface area (Å²) < 4.78 is 0. The van der Waals surface area contributed by atoms with Crippen molar-refractivity contribution in [3.8, 4) is 0 Å². The maximum absolute atomic E-state index is 9.20. The fourth-order valence-electron chi connectivity index (χ4n) is 1.06. The molecule has 54 valence electrons. The van der Waals surface area contributed by atoms with Crippen LogP contribution < -0.4 is 0 Å². The van der Waals surface area contributed by atoms with Crippen LogP contribution in [0.5, 0.6) is 0 Å². The summed E-state index contributed by atoms with van der Waals surface area (Å²) in [5.74, 6) is 0. The van der Waals surface area contributed by atoms with Crippen molar-refractivity contribution in [2.45, 2.75) is 20.0 Å². The van der Waals surface area contributed by atoms with Gasteiger partial charge >= 0.3 is 0 Å². The molecule has 0 fully saturated rings. The fourth-order valence-corrected chi connectivity index (χ4v) is 1.06. The Hall–Kier alpha value is -0.820. The first kappa shape index (κ1) is 7.29. The Labute approximate surface area is 61.3 Å². The van der Waals surface area contributed by atoms with Gasteiger partial charge in [-0.2, -0.15) is 0 Å². The van der Waals surface area contributed by atoms with Crippen molar-refractivity contribution in [3.05, 3.63) is 35.4 Å². The molecule has 1 aromatic rings. The van der Waals surface area contributed by atoms with Crippen molar-refractivity contribution < 1.29 is 5.11 Å². The van der Waals surface area contributed by atoms with Crippen LogP contribution in [0.15, 0.2) is 24.3 Å². The highest BCUT2D eigenvalue weighted by atomic mass is 16.3. The van der Waals surface area contributed by atoms with E-state index in [0.717, 1.165) is 11.1 Å². The van der Waals surface area contributed by atoms with E-state index < -0.39 is 0 Å². The molecule has 1 nitrogen and oxygen atoms in total. The number of hydrogen-bond acceptors (Lipinski definition) is 1. The van der Waals surface area contributed by atoms with Crippen LogP contribution in [0.2, 0.25) is 0 Å². The molecule has 0 aliphatic rings. The van der Waals surface area contributed by atoms with E-state index in [1.807, 2.05) is 31.2 Å². The number of aliphatic hydroxyl groups is 1. The van der Waals surface area contributed by atoms with Crippen LogP contribution in [0.1, 0.15) is 24.2 Å². The molecule has 10 heavy (non-hydrogen) atoms. The van der Waals surface area contributed by atoms with Gasteiger partial charge in [0.05, 0.1) is 6.10 Å². The highest BCUT2D eigenvalue weighted by Gasteiger charge is 2.01. The molecule has 0 aliphatic heterocycles. The zero-order valence-electron chi connectivity index (χ0n) is 6.33. The molecule has 0 saturated carbocycles. The molecule has 0 aliphatic carbocycles. The van der Waals surface area contributed by atoms with E-state index in [0.29, 0.717) is 0 Å². The number of aryl methyl sites for hydroxylation is 1. The molecule has 0 spiro atoms. The third-order valence-corrected chi connectivity index (χ3v) is 1.64. The van der Waals surface area contributed by atoms with Gasteiger partial charge in [0, 0.05) is 0 Å². The van der Waals surface area contributed by atoms with Crippen molar-refractivity contribution in [2.75, 3.05) is 0 Å². The molecular formula is C9H12O. The van der Waals surface area contributed by atoms with E-state index in [2.05, 4.69) is 0 Å². The fraction of sp³-hybridized carbons (Fsp3) is 0.333. The second-order valence-corrected chi connectivity index (χ2v) is 2.53. The summed E-state index contributed by atoms with van der Waals surface area (Å²) in [6.07, 6.45) is -0.346. The summed E-state index contributed by atoms with van der Waals surface area (Å²) in [6, 6.07) is 7.86. The lowest BCUT2D eigenvalue weighted by Gasteiger charge is -2.06. The number of benzene rings is 1. The van der Waals surface area contributed by atoms with Gasteiger partial charge < -0.3 is 5.11 Å². The second-order valence-electron chi connectivity index (χ2n) is 2.53. The largest absolute Gasteiger partial charge is 0.389 e. The summed E-state index contributed by atoms with van der Waals surface area (Å²) >= 11 is 0. The van der Waals surface area contributed by atoms with Gasteiger partial charge in [0.1, 0.15) is 0 Å². The zero-order valence-corrected chi connectivity index (χ0v) is 6.33. The summed E-state index contributed by atoms with van der Waals surface area (Å²) in [6.45, 7) is 3.78. The van der Waals surface area contributed by atoms with Crippen LogP contribution in [0.3, 0.4) is 0 Å². The SMILES string of the molecule is Cc1ccccc1[C@H](C)O. The molecule has 1 atom stereocenters. The van der Waals surface area contributed by atoms with Gasteiger partial charge in [0.15, 0.2) is 0 Å². The van der Waals surface area contributed by atoms with E-state index in [1.54, 1.807) is 6.92 Å². The number of rotatable bonds is 1. The maximum atomic E-state index is 9.20. The minimum atomic E-state index is -0.346. The molecule has 1 N–H and O–H groups in total. The van der Waals surface area contributed by atoms with Gasteiger partial charge in [-0.1, -0.05) is 24.3 Å². The molecule has 1 aromatic carbocycles. The van der Waals surface area contributed by atoms with Crippen LogP contribution in [-0.2, 0) is 0 Å². The molecule has 1 heteroatoms. The van der Waals surface area contributed by atoms with Crippen molar-refractivity contribution in [1.29, 1.82) is 0 Å². The van der Waals surface area contributed by atoms with Gasteiger partial charge in [-0.25, -0.2) is 0 Å². The quantitative estimate of drug-likeness (QED) is 0.626. The van der Waals surface area contributed by atoms with E-state index in [-0.39, 0.29) is 6.10 Å². The van der Waals surface area contributed by atoms with Crippen molar-refractivity contribution >= 4 is 0 Å². The molecule has 0 saturated heterocycles. The normalized spacial score (nSPS) is 13.1. The zero-order chi connectivity index (χ0) is 7.56. The Bertz CT molecular complexity index is 216. The lowest BCUT2D eigenvalue weighted by molar-refractivity contribution is 0.198. The number of hydrogen-bond donors (Lipinski definition) is 1. The average Bonchev–Trinajstić information content (AvgIpc) is 1.88. The minimum Gasteiger partial charge on any atom is -0.389 e. The molecule has 0 unspecified atom stereocenters. The van der Waals surface area contributed by atoms with E-state index in [1.165, 1.54) is 0 Å². The Balaban J connectivity index is 3.03. The van der Waals surface area contributed by atoms with Crippen LogP contribution in [0, 0.1) is 6.92 Å². The van der Waals surface area contributed by atoms with Crippen LogP contribution in [0.4, 0.5) is 0 Å². The van der Waals surface area contributed by atoms with E-state index in [4.69, 9.17) is 0 Å². The molecule has 1 rings (SSSR count). The van der Waals surface area contributed by atoms with Crippen molar-refractivity contribution in [3.63, 3.8) is 0 Å². The topological polar surface area (TPSA) is 20.2 Å². The Morgan fingerprint density at radius 3 is 2.30 bits per heavy atom. The Kier molecular flexibility index (Phi) is 2.07. The molecule has 0 aromatic heterocycles. The van der Waals surface area contributed by atoms with E-state index in [9.17, 15) is 5.11 Å². The highest BCUT2D eigenvalue weighted by molar-refractivity contribution is 5.26. The summed E-state index contributed by atoms with van der Waals surface area (Å²) in [5, 5.41) is 9.20. The van der Waals surface area contributed by atoms with Gasteiger partial charge in [-0.05, 0) is 25.0 Å². The molecule has 0 bridgehead atoms. The maximum Gasteiger partial charge on any atom is 0.0764 e. The Morgan fingerprint density at radius 1 is 1.30 bits per heavy atom. The predicted octanol–water partition coefficient (Wildman–Crippen LogP) is 2.05. The summed E-state index contributed by atoms with van der Waals surface area (Å²) in [5.41, 5.74) is 2.17. The van der Waals surface area contributed by atoms with Crippen molar-refractivity contribution in [1.82, 2.24) is 0 Å². The molecule has 0 amide bonds. The van der Waals surface area contributed by atoms with Crippen LogP contribution in [0.25, 0.3) is 0 Å². The Morgan fingerprint density at radius 2 is 1.90 bits per heavy atom. The smallest absolute Gasteiger partial charge is 0.0764 e. The third-order valence-electron chi connectivity index (χ3n) is 1.64. The van der Waals surface area contributed by atoms with E-state index >= 15 is 0 Å². The lowest BCUT2D eigenvalue weighted by Crippen LogP contribution is -1.92. The third kappa shape index (κ3) is 1.36. The van der Waals surface area contributed by atoms with Crippen LogP contribution >= 0.6 is 0 Å². The lowest BCUT2D eigenvalue weighted by atomic mass is 10.1. The summed E-state index contributed by atoms with van der Waals surface area (Å²) in [4.78, 5) is 0. The molecule has 0 heterocycles. The first-order valence-corrected chi connectivity index (χ1v) is 3.45. The van der Waals surface area contributed by atoms with Gasteiger partial charge in [-0.3, -0.25) is 0 Å². The first-order chi connectivity index (χ1) is 4.72. The highest BCUT2D eigenvalue weighted by Crippen LogP contribution is 2.15. The molecular weight excluding hydrogens is 124 g/mol.